The molecule has 2 heterocycles. The van der Waals surface area contributed by atoms with Crippen molar-refractivity contribution in [1.29, 1.82) is 0 Å². The van der Waals surface area contributed by atoms with Crippen molar-refractivity contribution in [3.63, 3.8) is 0 Å². The van der Waals surface area contributed by atoms with Gasteiger partial charge in [0.15, 0.2) is 0 Å². The zero-order chi connectivity index (χ0) is 18.5. The highest BCUT2D eigenvalue weighted by atomic mass is 32.1. The Hall–Kier alpha value is -2.48. The average Bonchev–Trinajstić information content (AvgIpc) is 3.37. The van der Waals surface area contributed by atoms with Crippen molar-refractivity contribution in [3.8, 4) is 0 Å². The summed E-state index contributed by atoms with van der Waals surface area (Å²) >= 11 is 3.01. The van der Waals surface area contributed by atoms with E-state index in [-0.39, 0.29) is 5.91 Å². The van der Waals surface area contributed by atoms with E-state index in [1.807, 2.05) is 29.0 Å². The first kappa shape index (κ1) is 18.3. The molecule has 2 N–H and O–H groups in total. The third-order valence-corrected chi connectivity index (χ3v) is 5.64. The Bertz CT molecular complexity index is 885. The van der Waals surface area contributed by atoms with Crippen molar-refractivity contribution in [2.75, 3.05) is 7.11 Å². The average molecular weight is 387 g/mol. The van der Waals surface area contributed by atoms with Gasteiger partial charge in [-0.2, -0.15) is 11.3 Å². The fraction of sp³-hybridized carbons (Fsp3) is 0.158. The summed E-state index contributed by atoms with van der Waals surface area (Å²) in [4.78, 5) is 25.4. The molecule has 0 unspecified atom stereocenters. The van der Waals surface area contributed by atoms with Gasteiger partial charge in [-0.15, -0.1) is 11.3 Å². The number of thiophene rings is 2. The van der Waals surface area contributed by atoms with E-state index in [0.29, 0.717) is 17.7 Å². The highest BCUT2D eigenvalue weighted by Gasteiger charge is 2.14. The maximum Gasteiger partial charge on any atom is 0.337 e. The fourth-order valence-electron chi connectivity index (χ4n) is 2.38. The topological polar surface area (TPSA) is 75.6 Å². The minimum atomic E-state index is -0.637. The summed E-state index contributed by atoms with van der Waals surface area (Å²) < 4.78 is 4.63. The number of ether oxygens (including phenoxy) is 1. The smallest absolute Gasteiger partial charge is 0.337 e. The van der Waals surface area contributed by atoms with E-state index in [9.17, 15) is 14.7 Å². The Kier molecular flexibility index (Phi) is 5.82. The third-order valence-electron chi connectivity index (χ3n) is 3.80. The minimum Gasteiger partial charge on any atom is -0.465 e. The summed E-state index contributed by atoms with van der Waals surface area (Å²) in [5, 5.41) is 17.0. The number of amides is 1. The second-order valence-corrected chi connectivity index (χ2v) is 7.49. The lowest BCUT2D eigenvalue weighted by molar-refractivity contribution is 0.0600. The van der Waals surface area contributed by atoms with Gasteiger partial charge in [0.05, 0.1) is 19.2 Å². The molecule has 2 aromatic heterocycles. The summed E-state index contributed by atoms with van der Waals surface area (Å²) in [6.07, 6.45) is -0.637. The van der Waals surface area contributed by atoms with Crippen LogP contribution in [0.1, 0.15) is 42.1 Å². The van der Waals surface area contributed by atoms with E-state index in [2.05, 4.69) is 10.1 Å². The Morgan fingerprint density at radius 1 is 1.12 bits per heavy atom. The number of methoxy groups -OCH3 is 1. The van der Waals surface area contributed by atoms with Gasteiger partial charge in [0.2, 0.25) is 0 Å². The Labute approximate surface area is 158 Å². The van der Waals surface area contributed by atoms with Crippen molar-refractivity contribution in [1.82, 2.24) is 5.32 Å². The van der Waals surface area contributed by atoms with Crippen LogP contribution in [0.2, 0.25) is 0 Å². The number of hydrogen-bond acceptors (Lipinski definition) is 6. The van der Waals surface area contributed by atoms with Gasteiger partial charge in [-0.05, 0) is 58.8 Å². The summed E-state index contributed by atoms with van der Waals surface area (Å²) in [5.41, 5.74) is 1.74. The molecule has 134 valence electrons. The zero-order valence-corrected chi connectivity index (χ0v) is 15.6. The van der Waals surface area contributed by atoms with E-state index < -0.39 is 12.1 Å². The zero-order valence-electron chi connectivity index (χ0n) is 14.0. The van der Waals surface area contributed by atoms with Gasteiger partial charge in [0, 0.05) is 15.3 Å². The molecule has 0 spiro atoms. The van der Waals surface area contributed by atoms with Gasteiger partial charge < -0.3 is 15.2 Å². The second kappa shape index (κ2) is 8.27. The van der Waals surface area contributed by atoms with Crippen LogP contribution in [0.15, 0.2) is 53.2 Å². The summed E-state index contributed by atoms with van der Waals surface area (Å²) in [7, 11) is 1.31. The van der Waals surface area contributed by atoms with E-state index >= 15 is 0 Å². The monoisotopic (exact) mass is 387 g/mol. The van der Waals surface area contributed by atoms with Crippen molar-refractivity contribution in [3.05, 3.63) is 79.7 Å². The quantitative estimate of drug-likeness (QED) is 0.634. The van der Waals surface area contributed by atoms with Crippen molar-refractivity contribution < 1.29 is 19.4 Å². The van der Waals surface area contributed by atoms with E-state index in [1.165, 1.54) is 18.4 Å². The molecular weight excluding hydrogens is 370 g/mol. The normalized spacial score (nSPS) is 11.8. The fourth-order valence-corrected chi connectivity index (χ4v) is 4.02. The SMILES string of the molecule is COC(=O)c1ccc(C(=O)NCc2ccc([C@@H](O)c3ccsc3)s2)cc1. The number of hydrogen-bond donors (Lipinski definition) is 2. The molecule has 0 fully saturated rings. The van der Waals surface area contributed by atoms with Crippen LogP contribution in [0.4, 0.5) is 0 Å². The largest absolute Gasteiger partial charge is 0.465 e. The van der Waals surface area contributed by atoms with Gasteiger partial charge in [-0.3, -0.25) is 4.79 Å². The third kappa shape index (κ3) is 4.19. The Morgan fingerprint density at radius 3 is 2.50 bits per heavy atom. The molecule has 3 rings (SSSR count). The lowest BCUT2D eigenvalue weighted by atomic mass is 10.1. The Morgan fingerprint density at radius 2 is 1.85 bits per heavy atom. The van der Waals surface area contributed by atoms with Crippen LogP contribution in [0.25, 0.3) is 0 Å². The number of esters is 1. The molecule has 0 bridgehead atoms. The molecule has 7 heteroatoms. The lowest BCUT2D eigenvalue weighted by Gasteiger charge is -2.06. The van der Waals surface area contributed by atoms with E-state index in [1.54, 1.807) is 35.6 Å². The summed E-state index contributed by atoms with van der Waals surface area (Å²) in [6.45, 7) is 0.374. The molecule has 3 aromatic rings. The molecule has 26 heavy (non-hydrogen) atoms. The number of rotatable bonds is 6. The predicted octanol–water partition coefficient (Wildman–Crippen LogP) is 3.61. The Balaban J connectivity index is 1.59. The van der Waals surface area contributed by atoms with Gasteiger partial charge in [0.1, 0.15) is 6.10 Å². The predicted molar refractivity (Wildman–Crippen MR) is 102 cm³/mol. The van der Waals surface area contributed by atoms with Gasteiger partial charge in [0.25, 0.3) is 5.91 Å². The molecule has 0 saturated heterocycles. The molecular formula is C19H17NO4S2. The number of benzene rings is 1. The first-order chi connectivity index (χ1) is 12.6. The lowest BCUT2D eigenvalue weighted by Crippen LogP contribution is -2.22. The summed E-state index contributed by atoms with van der Waals surface area (Å²) in [5.74, 6) is -0.665. The van der Waals surface area contributed by atoms with Crippen LogP contribution in [0.3, 0.4) is 0 Å². The van der Waals surface area contributed by atoms with Crippen molar-refractivity contribution >= 4 is 34.6 Å². The van der Waals surface area contributed by atoms with Gasteiger partial charge in [-0.1, -0.05) is 0 Å². The summed E-state index contributed by atoms with van der Waals surface area (Å²) in [6, 6.07) is 12.0. The van der Waals surface area contributed by atoms with E-state index in [0.717, 1.165) is 15.3 Å². The molecule has 1 atom stereocenters. The standard InChI is InChI=1S/C19H17NO4S2/c1-24-19(23)13-4-2-12(3-5-13)18(22)20-10-15-6-7-16(26-15)17(21)14-8-9-25-11-14/h2-9,11,17,21H,10H2,1H3,(H,20,22)/t17-/m0/s1. The molecule has 1 aromatic carbocycles. The maximum atomic E-state index is 12.2. The van der Waals surface area contributed by atoms with Crippen LogP contribution in [-0.2, 0) is 11.3 Å². The van der Waals surface area contributed by atoms with Crippen molar-refractivity contribution in [2.45, 2.75) is 12.6 Å². The maximum absolute atomic E-state index is 12.2. The van der Waals surface area contributed by atoms with Crippen LogP contribution in [-0.4, -0.2) is 24.1 Å². The number of aliphatic hydroxyl groups is 1. The van der Waals surface area contributed by atoms with Crippen LogP contribution in [0, 0.1) is 0 Å². The number of carbonyl (C=O) groups is 2. The van der Waals surface area contributed by atoms with Crippen molar-refractivity contribution in [2.24, 2.45) is 0 Å². The van der Waals surface area contributed by atoms with Gasteiger partial charge >= 0.3 is 5.97 Å². The molecule has 5 nitrogen and oxygen atoms in total. The molecule has 0 saturated carbocycles. The number of nitrogens with one attached hydrogen (secondary N) is 1. The second-order valence-electron chi connectivity index (χ2n) is 5.51. The molecule has 0 aliphatic heterocycles. The first-order valence-corrected chi connectivity index (χ1v) is 9.59. The van der Waals surface area contributed by atoms with E-state index in [4.69, 9.17) is 0 Å². The molecule has 0 aliphatic rings. The molecule has 0 aliphatic carbocycles. The molecule has 0 radical (unpaired) electrons. The van der Waals surface area contributed by atoms with Crippen LogP contribution in [0.5, 0.6) is 0 Å². The van der Waals surface area contributed by atoms with Crippen LogP contribution >= 0.6 is 22.7 Å². The molecule has 1 amide bonds. The van der Waals surface area contributed by atoms with Crippen LogP contribution < -0.4 is 5.32 Å². The first-order valence-electron chi connectivity index (χ1n) is 7.84. The minimum absolute atomic E-state index is 0.227. The highest BCUT2D eigenvalue weighted by molar-refractivity contribution is 7.12. The van der Waals surface area contributed by atoms with Gasteiger partial charge in [-0.25, -0.2) is 4.79 Å². The highest BCUT2D eigenvalue weighted by Crippen LogP contribution is 2.29. The number of aliphatic hydroxyl groups excluding tert-OH is 1. The number of carbonyl (C=O) groups excluding carboxylic acids is 2.